The lowest BCUT2D eigenvalue weighted by Crippen LogP contribution is -2.48. The molecule has 3 rings (SSSR count). The molecule has 1 aromatic heterocycles. The number of H-pyrrole nitrogens is 1. The molecule has 1 N–H and O–H groups in total. The molecule has 0 aromatic carbocycles. The molecule has 0 spiro atoms. The standard InChI is InChI=1S/C18H24N2O6S/c1-12(21)13-8-16(19-9-13)18(23)26-10-17(22)20(14-4-2-3-5-14)15-6-7-27(24,25)11-15/h8-9,14-15,19H,2-7,10-11H2,1H3. The number of esters is 1. The first-order chi connectivity index (χ1) is 12.8. The number of nitrogens with one attached hydrogen (secondary N) is 1. The van der Waals surface area contributed by atoms with Gasteiger partial charge in [-0.1, -0.05) is 12.8 Å². The highest BCUT2D eigenvalue weighted by molar-refractivity contribution is 7.91. The Labute approximate surface area is 158 Å². The lowest BCUT2D eigenvalue weighted by molar-refractivity contribution is -0.139. The van der Waals surface area contributed by atoms with Crippen LogP contribution >= 0.6 is 0 Å². The van der Waals surface area contributed by atoms with Gasteiger partial charge in [0.25, 0.3) is 5.91 Å². The Morgan fingerprint density at radius 1 is 1.19 bits per heavy atom. The number of nitrogens with zero attached hydrogens (tertiary/aromatic N) is 1. The van der Waals surface area contributed by atoms with Crippen molar-refractivity contribution in [1.29, 1.82) is 0 Å². The fourth-order valence-corrected chi connectivity index (χ4v) is 5.59. The second kappa shape index (κ2) is 7.84. The van der Waals surface area contributed by atoms with Crippen LogP contribution in [0.2, 0.25) is 0 Å². The van der Waals surface area contributed by atoms with Crippen molar-refractivity contribution in [2.24, 2.45) is 0 Å². The first-order valence-corrected chi connectivity index (χ1v) is 11.0. The van der Waals surface area contributed by atoms with Gasteiger partial charge in [0.05, 0.1) is 11.5 Å². The number of aromatic nitrogens is 1. The van der Waals surface area contributed by atoms with Crippen LogP contribution in [-0.2, 0) is 19.4 Å². The summed E-state index contributed by atoms with van der Waals surface area (Å²) in [6.45, 7) is 0.942. The minimum absolute atomic E-state index is 0.00399. The predicted molar refractivity (Wildman–Crippen MR) is 97.2 cm³/mol. The minimum Gasteiger partial charge on any atom is -0.451 e. The fourth-order valence-electron chi connectivity index (χ4n) is 3.88. The first kappa shape index (κ1) is 19.6. The normalized spacial score (nSPS) is 21.9. The summed E-state index contributed by atoms with van der Waals surface area (Å²) in [6, 6.07) is 1.04. The molecular formula is C18H24N2O6S. The number of amides is 1. The third kappa shape index (κ3) is 4.58. The van der Waals surface area contributed by atoms with E-state index in [9.17, 15) is 22.8 Å². The van der Waals surface area contributed by atoms with Crippen LogP contribution in [0.15, 0.2) is 12.3 Å². The molecule has 2 fully saturated rings. The van der Waals surface area contributed by atoms with Gasteiger partial charge in [0.2, 0.25) is 0 Å². The molecule has 0 radical (unpaired) electrons. The summed E-state index contributed by atoms with van der Waals surface area (Å²) in [4.78, 5) is 40.5. The Balaban J connectivity index is 1.65. The quantitative estimate of drug-likeness (QED) is 0.573. The summed E-state index contributed by atoms with van der Waals surface area (Å²) in [6.07, 6.45) is 5.53. The number of carbonyl (C=O) groups is 3. The molecule has 1 aliphatic carbocycles. The maximum atomic E-state index is 12.8. The van der Waals surface area contributed by atoms with Crippen molar-refractivity contribution in [3.05, 3.63) is 23.5 Å². The zero-order chi connectivity index (χ0) is 19.6. The van der Waals surface area contributed by atoms with Gasteiger partial charge >= 0.3 is 5.97 Å². The summed E-state index contributed by atoms with van der Waals surface area (Å²) in [5.41, 5.74) is 0.459. The molecule has 2 heterocycles. The number of ether oxygens (including phenoxy) is 1. The number of carbonyl (C=O) groups excluding carboxylic acids is 3. The van der Waals surface area contributed by atoms with E-state index in [4.69, 9.17) is 4.74 Å². The Bertz CT molecular complexity index is 838. The first-order valence-electron chi connectivity index (χ1n) is 9.15. The number of hydrogen-bond acceptors (Lipinski definition) is 6. The van der Waals surface area contributed by atoms with Gasteiger partial charge in [-0.25, -0.2) is 13.2 Å². The van der Waals surface area contributed by atoms with Crippen molar-refractivity contribution < 1.29 is 27.5 Å². The van der Waals surface area contributed by atoms with Crippen LogP contribution in [-0.4, -0.2) is 66.2 Å². The summed E-state index contributed by atoms with van der Waals surface area (Å²) >= 11 is 0. The molecule has 0 bridgehead atoms. The Morgan fingerprint density at radius 3 is 2.44 bits per heavy atom. The van der Waals surface area contributed by atoms with Crippen LogP contribution < -0.4 is 0 Å². The van der Waals surface area contributed by atoms with E-state index in [1.807, 2.05) is 0 Å². The highest BCUT2D eigenvalue weighted by atomic mass is 32.2. The number of hydrogen-bond donors (Lipinski definition) is 1. The highest BCUT2D eigenvalue weighted by Gasteiger charge is 2.39. The van der Waals surface area contributed by atoms with Crippen LogP contribution in [0.5, 0.6) is 0 Å². The SMILES string of the molecule is CC(=O)c1c[nH]c(C(=O)OCC(=O)N(C2CCCC2)C2CCS(=O)(=O)C2)c1. The second-order valence-electron chi connectivity index (χ2n) is 7.23. The largest absolute Gasteiger partial charge is 0.451 e. The summed E-state index contributed by atoms with van der Waals surface area (Å²) in [7, 11) is -3.12. The average molecular weight is 396 g/mol. The Hall–Kier alpha value is -2.16. The van der Waals surface area contributed by atoms with Crippen LogP contribution in [0.1, 0.15) is 59.9 Å². The van der Waals surface area contributed by atoms with E-state index in [1.54, 1.807) is 4.90 Å². The van der Waals surface area contributed by atoms with E-state index in [2.05, 4.69) is 4.98 Å². The summed E-state index contributed by atoms with van der Waals surface area (Å²) in [5.74, 6) is -1.21. The van der Waals surface area contributed by atoms with Crippen LogP contribution in [0.4, 0.5) is 0 Å². The molecule has 1 aliphatic heterocycles. The van der Waals surface area contributed by atoms with Crippen molar-refractivity contribution in [2.75, 3.05) is 18.1 Å². The zero-order valence-corrected chi connectivity index (χ0v) is 16.1. The monoisotopic (exact) mass is 396 g/mol. The van der Waals surface area contributed by atoms with E-state index in [-0.39, 0.29) is 41.0 Å². The predicted octanol–water partition coefficient (Wildman–Crippen LogP) is 1.33. The van der Waals surface area contributed by atoms with Gasteiger partial charge in [-0.15, -0.1) is 0 Å². The molecule has 27 heavy (non-hydrogen) atoms. The number of rotatable bonds is 6. The number of ketones is 1. The van der Waals surface area contributed by atoms with Crippen molar-refractivity contribution >= 4 is 27.5 Å². The molecule has 1 amide bonds. The maximum absolute atomic E-state index is 12.8. The third-order valence-electron chi connectivity index (χ3n) is 5.24. The lowest BCUT2D eigenvalue weighted by Gasteiger charge is -2.33. The van der Waals surface area contributed by atoms with Crippen molar-refractivity contribution in [1.82, 2.24) is 9.88 Å². The van der Waals surface area contributed by atoms with Crippen molar-refractivity contribution in [2.45, 2.75) is 51.1 Å². The zero-order valence-electron chi connectivity index (χ0n) is 15.3. The van der Waals surface area contributed by atoms with Gasteiger partial charge in [0, 0.05) is 23.8 Å². The highest BCUT2D eigenvalue weighted by Crippen LogP contribution is 2.29. The van der Waals surface area contributed by atoms with Gasteiger partial charge in [-0.3, -0.25) is 9.59 Å². The Morgan fingerprint density at radius 2 is 1.89 bits per heavy atom. The fraction of sp³-hybridized carbons (Fsp3) is 0.611. The summed E-state index contributed by atoms with van der Waals surface area (Å²) < 4.78 is 28.8. The van der Waals surface area contributed by atoms with E-state index < -0.39 is 22.4 Å². The Kier molecular flexibility index (Phi) is 5.69. The molecule has 1 saturated carbocycles. The van der Waals surface area contributed by atoms with Gasteiger partial charge in [0.15, 0.2) is 22.2 Å². The molecule has 8 nitrogen and oxygen atoms in total. The van der Waals surface area contributed by atoms with E-state index >= 15 is 0 Å². The van der Waals surface area contributed by atoms with Crippen LogP contribution in [0.3, 0.4) is 0 Å². The smallest absolute Gasteiger partial charge is 0.355 e. The number of Topliss-reactive ketones (excluding diaryl/α,β-unsaturated/α-hetero) is 1. The third-order valence-corrected chi connectivity index (χ3v) is 6.99. The average Bonchev–Trinajstić information content (AvgIpc) is 3.33. The maximum Gasteiger partial charge on any atom is 0.355 e. The molecule has 9 heteroatoms. The molecular weight excluding hydrogens is 372 g/mol. The van der Waals surface area contributed by atoms with Gasteiger partial charge < -0.3 is 14.6 Å². The molecule has 1 aromatic rings. The van der Waals surface area contributed by atoms with Crippen LogP contribution in [0.25, 0.3) is 0 Å². The van der Waals surface area contributed by atoms with Gasteiger partial charge in [-0.2, -0.15) is 0 Å². The van der Waals surface area contributed by atoms with E-state index in [0.29, 0.717) is 12.0 Å². The molecule has 1 unspecified atom stereocenters. The topological polar surface area (TPSA) is 114 Å². The summed E-state index contributed by atoms with van der Waals surface area (Å²) in [5, 5.41) is 0. The molecule has 1 saturated heterocycles. The minimum atomic E-state index is -3.12. The van der Waals surface area contributed by atoms with Gasteiger partial charge in [-0.05, 0) is 32.3 Å². The number of aromatic amines is 1. The molecule has 1 atom stereocenters. The lowest BCUT2D eigenvalue weighted by atomic mass is 10.1. The van der Waals surface area contributed by atoms with E-state index in [0.717, 1.165) is 25.7 Å². The molecule has 148 valence electrons. The van der Waals surface area contributed by atoms with Crippen molar-refractivity contribution in [3.8, 4) is 0 Å². The second-order valence-corrected chi connectivity index (χ2v) is 9.46. The van der Waals surface area contributed by atoms with Gasteiger partial charge in [0.1, 0.15) is 5.69 Å². The number of sulfone groups is 1. The van der Waals surface area contributed by atoms with Crippen LogP contribution in [0, 0.1) is 0 Å². The van der Waals surface area contributed by atoms with E-state index in [1.165, 1.54) is 19.2 Å². The molecule has 2 aliphatic rings. The van der Waals surface area contributed by atoms with Crippen molar-refractivity contribution in [3.63, 3.8) is 0 Å².